The monoisotopic (exact) mass is 244 g/mol. The van der Waals surface area contributed by atoms with Gasteiger partial charge in [-0.15, -0.1) is 0 Å². The van der Waals surface area contributed by atoms with Crippen LogP contribution in [0.2, 0.25) is 0 Å². The van der Waals surface area contributed by atoms with Crippen LogP contribution in [0.3, 0.4) is 0 Å². The molecule has 1 aromatic rings. The largest absolute Gasteiger partial charge is 0.379 e. The fourth-order valence-corrected chi connectivity index (χ4v) is 1.56. The average Bonchev–Trinajstić information content (AvgIpc) is 2.32. The van der Waals surface area contributed by atoms with Crippen LogP contribution >= 0.6 is 0 Å². The van der Waals surface area contributed by atoms with Crippen molar-refractivity contribution in [2.45, 2.75) is 26.3 Å². The van der Waals surface area contributed by atoms with E-state index in [0.29, 0.717) is 12.2 Å². The third kappa shape index (κ3) is 3.46. The molecule has 1 aromatic carbocycles. The first kappa shape index (κ1) is 14.0. The highest BCUT2D eigenvalue weighted by molar-refractivity contribution is 5.29. The van der Waals surface area contributed by atoms with Gasteiger partial charge in [-0.05, 0) is 25.0 Å². The lowest BCUT2D eigenvalue weighted by molar-refractivity contribution is 0.110. The van der Waals surface area contributed by atoms with Gasteiger partial charge in [-0.25, -0.2) is 8.78 Å². The van der Waals surface area contributed by atoms with Crippen LogP contribution in [0.4, 0.5) is 8.78 Å². The second kappa shape index (κ2) is 6.64. The molecule has 0 saturated carbocycles. The van der Waals surface area contributed by atoms with Gasteiger partial charge in [0.15, 0.2) is 0 Å². The second-order valence-electron chi connectivity index (χ2n) is 3.89. The molecule has 0 saturated heterocycles. The van der Waals surface area contributed by atoms with E-state index < -0.39 is 17.7 Å². The van der Waals surface area contributed by atoms with E-state index in [4.69, 9.17) is 10.6 Å². The van der Waals surface area contributed by atoms with Crippen molar-refractivity contribution in [3.8, 4) is 0 Å². The van der Waals surface area contributed by atoms with E-state index in [1.54, 1.807) is 6.92 Å². The number of nitrogens with two attached hydrogens (primary N) is 1. The Morgan fingerprint density at radius 2 is 2.12 bits per heavy atom. The zero-order valence-electron chi connectivity index (χ0n) is 10.1. The summed E-state index contributed by atoms with van der Waals surface area (Å²) in [6, 6.07) is 1.95. The van der Waals surface area contributed by atoms with Crippen LogP contribution in [-0.2, 0) is 4.74 Å². The molecule has 1 unspecified atom stereocenters. The van der Waals surface area contributed by atoms with E-state index in [-0.39, 0.29) is 12.2 Å². The van der Waals surface area contributed by atoms with Crippen molar-refractivity contribution in [2.24, 2.45) is 5.84 Å². The van der Waals surface area contributed by atoms with Crippen molar-refractivity contribution in [1.82, 2.24) is 5.43 Å². The van der Waals surface area contributed by atoms with Crippen LogP contribution < -0.4 is 11.3 Å². The van der Waals surface area contributed by atoms with Crippen LogP contribution in [0, 0.1) is 18.6 Å². The van der Waals surface area contributed by atoms with Crippen molar-refractivity contribution >= 4 is 0 Å². The van der Waals surface area contributed by atoms with Gasteiger partial charge in [0.05, 0.1) is 12.6 Å². The molecule has 17 heavy (non-hydrogen) atoms. The predicted octanol–water partition coefficient (Wildman–Crippen LogP) is 2.20. The van der Waals surface area contributed by atoms with Crippen molar-refractivity contribution < 1.29 is 13.5 Å². The molecule has 0 bridgehead atoms. The summed E-state index contributed by atoms with van der Waals surface area (Å²) in [5.74, 6) is 4.12. The number of ether oxygens (including phenoxy) is 1. The summed E-state index contributed by atoms with van der Waals surface area (Å²) in [5.41, 5.74) is 2.70. The number of hydrazine groups is 1. The van der Waals surface area contributed by atoms with Crippen molar-refractivity contribution in [3.05, 3.63) is 34.9 Å². The lowest BCUT2D eigenvalue weighted by atomic mass is 10.0. The van der Waals surface area contributed by atoms with E-state index in [2.05, 4.69) is 5.43 Å². The van der Waals surface area contributed by atoms with E-state index in [0.717, 1.165) is 6.42 Å². The summed E-state index contributed by atoms with van der Waals surface area (Å²) in [7, 11) is 0. The minimum Gasteiger partial charge on any atom is -0.379 e. The molecule has 0 radical (unpaired) electrons. The van der Waals surface area contributed by atoms with Gasteiger partial charge in [-0.1, -0.05) is 13.0 Å². The van der Waals surface area contributed by atoms with Crippen LogP contribution in [0.5, 0.6) is 0 Å². The van der Waals surface area contributed by atoms with E-state index >= 15 is 0 Å². The Labute approximate surface area is 99.9 Å². The molecule has 0 heterocycles. The Hall–Kier alpha value is -1.04. The zero-order chi connectivity index (χ0) is 12.8. The summed E-state index contributed by atoms with van der Waals surface area (Å²) in [6.45, 7) is 4.21. The summed E-state index contributed by atoms with van der Waals surface area (Å²) in [6.07, 6.45) is 0.843. The minimum atomic E-state index is -0.679. The highest BCUT2D eigenvalue weighted by atomic mass is 19.1. The molecule has 0 aromatic heterocycles. The fourth-order valence-electron chi connectivity index (χ4n) is 1.56. The molecule has 5 heteroatoms. The van der Waals surface area contributed by atoms with E-state index in [9.17, 15) is 8.78 Å². The number of rotatable bonds is 6. The predicted molar refractivity (Wildman–Crippen MR) is 62.3 cm³/mol. The summed E-state index contributed by atoms with van der Waals surface area (Å²) >= 11 is 0. The maximum atomic E-state index is 13.8. The molecular formula is C12H18F2N2O. The average molecular weight is 244 g/mol. The highest BCUT2D eigenvalue weighted by Gasteiger charge is 2.20. The molecule has 1 rings (SSSR count). The number of benzene rings is 1. The highest BCUT2D eigenvalue weighted by Crippen LogP contribution is 2.23. The Balaban J connectivity index is 2.91. The Bertz CT molecular complexity index is 372. The van der Waals surface area contributed by atoms with E-state index in [1.807, 2.05) is 6.92 Å². The molecular weight excluding hydrogens is 226 g/mol. The van der Waals surface area contributed by atoms with Gasteiger partial charge in [0.2, 0.25) is 0 Å². The van der Waals surface area contributed by atoms with E-state index in [1.165, 1.54) is 12.1 Å². The quantitative estimate of drug-likeness (QED) is 0.458. The smallest absolute Gasteiger partial charge is 0.133 e. The van der Waals surface area contributed by atoms with Crippen LogP contribution in [-0.4, -0.2) is 13.2 Å². The molecule has 0 aliphatic carbocycles. The third-order valence-electron chi connectivity index (χ3n) is 2.50. The molecule has 1 atom stereocenters. The van der Waals surface area contributed by atoms with Crippen LogP contribution in [0.25, 0.3) is 0 Å². The first-order chi connectivity index (χ1) is 8.11. The Morgan fingerprint density at radius 1 is 1.41 bits per heavy atom. The maximum Gasteiger partial charge on any atom is 0.133 e. The van der Waals surface area contributed by atoms with Crippen molar-refractivity contribution in [2.75, 3.05) is 13.2 Å². The van der Waals surface area contributed by atoms with Crippen LogP contribution in [0.1, 0.15) is 30.5 Å². The summed E-state index contributed by atoms with van der Waals surface area (Å²) in [4.78, 5) is 0. The minimum absolute atomic E-state index is 0.0661. The normalized spacial score (nSPS) is 12.8. The lowest BCUT2D eigenvalue weighted by Gasteiger charge is -2.18. The Kier molecular flexibility index (Phi) is 5.47. The summed E-state index contributed by atoms with van der Waals surface area (Å²) in [5, 5.41) is 0. The molecule has 0 spiro atoms. The molecule has 0 amide bonds. The first-order valence-electron chi connectivity index (χ1n) is 5.60. The van der Waals surface area contributed by atoms with Gasteiger partial charge in [0, 0.05) is 12.2 Å². The topological polar surface area (TPSA) is 47.3 Å². The van der Waals surface area contributed by atoms with Gasteiger partial charge in [0.1, 0.15) is 11.6 Å². The lowest BCUT2D eigenvalue weighted by Crippen LogP contribution is -2.33. The first-order valence-corrected chi connectivity index (χ1v) is 5.60. The number of hydrogen-bond donors (Lipinski definition) is 2. The van der Waals surface area contributed by atoms with Gasteiger partial charge in [0.25, 0.3) is 0 Å². The number of hydrogen-bond acceptors (Lipinski definition) is 3. The third-order valence-corrected chi connectivity index (χ3v) is 2.50. The van der Waals surface area contributed by atoms with Gasteiger partial charge >= 0.3 is 0 Å². The van der Waals surface area contributed by atoms with Gasteiger partial charge in [-0.2, -0.15) is 0 Å². The van der Waals surface area contributed by atoms with Crippen molar-refractivity contribution in [1.29, 1.82) is 0 Å². The molecule has 96 valence electrons. The molecule has 3 N–H and O–H groups in total. The number of aryl methyl sites for hydroxylation is 1. The number of nitrogens with one attached hydrogen (secondary N) is 1. The SMILES string of the molecule is CCCOCC(NN)c1c(F)ccc(C)c1F. The fraction of sp³-hybridized carbons (Fsp3) is 0.500. The van der Waals surface area contributed by atoms with Gasteiger partial charge < -0.3 is 4.74 Å². The molecule has 0 aliphatic rings. The van der Waals surface area contributed by atoms with Gasteiger partial charge in [-0.3, -0.25) is 11.3 Å². The van der Waals surface area contributed by atoms with Crippen LogP contribution in [0.15, 0.2) is 12.1 Å². The zero-order valence-corrected chi connectivity index (χ0v) is 10.1. The van der Waals surface area contributed by atoms with Crippen molar-refractivity contribution in [3.63, 3.8) is 0 Å². The molecule has 0 fully saturated rings. The second-order valence-corrected chi connectivity index (χ2v) is 3.89. The number of halogens is 2. The molecule has 0 aliphatic heterocycles. The summed E-state index contributed by atoms with van der Waals surface area (Å²) < 4.78 is 32.7. The maximum absolute atomic E-state index is 13.8. The molecule has 3 nitrogen and oxygen atoms in total. The standard InChI is InChI=1S/C12H18F2N2O/c1-3-6-17-7-10(16-15)11-9(13)5-4-8(2)12(11)14/h4-5,10,16H,3,6-7,15H2,1-2H3. The Morgan fingerprint density at radius 3 is 2.71 bits per heavy atom.